The lowest BCUT2D eigenvalue weighted by atomic mass is 10.2. The Morgan fingerprint density at radius 1 is 1.60 bits per heavy atom. The maximum absolute atomic E-state index is 10.4. The van der Waals surface area contributed by atoms with Crippen molar-refractivity contribution in [3.05, 3.63) is 44.6 Å². The van der Waals surface area contributed by atoms with Crippen LogP contribution in [0.5, 0.6) is 5.75 Å². The first-order valence-corrected chi connectivity index (χ1v) is 4.59. The van der Waals surface area contributed by atoms with Crippen LogP contribution in [-0.2, 0) is 0 Å². The van der Waals surface area contributed by atoms with Gasteiger partial charge in [-0.15, -0.1) is 0 Å². The summed E-state index contributed by atoms with van der Waals surface area (Å²) in [4.78, 5) is 9.97. The first-order valence-electron chi connectivity index (χ1n) is 4.21. The predicted octanol–water partition coefficient (Wildman–Crippen LogP) is 2.99. The summed E-state index contributed by atoms with van der Waals surface area (Å²) in [5.74, 6) is 0.501. The smallest absolute Gasteiger partial charge is 0.243 e. The van der Waals surface area contributed by atoms with Gasteiger partial charge in [0.25, 0.3) is 0 Å². The molecule has 1 rings (SSSR count). The maximum Gasteiger partial charge on any atom is 0.243 e. The molecule has 1 aromatic carbocycles. The molecule has 0 saturated carbocycles. The number of allylic oxidation sites excluding steroid dienone is 1. The Hall–Kier alpha value is -1.55. The lowest BCUT2D eigenvalue weighted by Crippen LogP contribution is -1.93. The highest BCUT2D eigenvalue weighted by molar-refractivity contribution is 6.33. The third-order valence-corrected chi connectivity index (χ3v) is 2.27. The molecule has 0 aliphatic heterocycles. The van der Waals surface area contributed by atoms with Crippen LogP contribution in [0.15, 0.2) is 23.9 Å². The monoisotopic (exact) mass is 227 g/mol. The molecule has 0 bridgehead atoms. The van der Waals surface area contributed by atoms with Crippen molar-refractivity contribution in [2.24, 2.45) is 0 Å². The molecule has 0 fully saturated rings. The van der Waals surface area contributed by atoms with Gasteiger partial charge in [0, 0.05) is 18.6 Å². The van der Waals surface area contributed by atoms with E-state index in [9.17, 15) is 10.1 Å². The Kier molecular flexibility index (Phi) is 3.68. The largest absolute Gasteiger partial charge is 0.495 e. The highest BCUT2D eigenvalue weighted by Gasteiger charge is 2.08. The molecule has 0 aliphatic rings. The van der Waals surface area contributed by atoms with Gasteiger partial charge >= 0.3 is 0 Å². The van der Waals surface area contributed by atoms with Gasteiger partial charge in [-0.2, -0.15) is 0 Å². The number of methoxy groups -OCH3 is 1. The number of hydrogen-bond donors (Lipinski definition) is 0. The van der Waals surface area contributed by atoms with Crippen LogP contribution in [0.1, 0.15) is 12.5 Å². The van der Waals surface area contributed by atoms with E-state index in [-0.39, 0.29) is 5.70 Å². The van der Waals surface area contributed by atoms with Crippen molar-refractivity contribution in [2.75, 3.05) is 7.11 Å². The number of benzene rings is 1. The Morgan fingerprint density at radius 2 is 2.27 bits per heavy atom. The molecule has 0 radical (unpaired) electrons. The molecule has 0 amide bonds. The van der Waals surface area contributed by atoms with Crippen LogP contribution in [0.4, 0.5) is 0 Å². The summed E-state index contributed by atoms with van der Waals surface area (Å²) in [6.45, 7) is 1.41. The molecule has 5 heteroatoms. The molecule has 0 aromatic heterocycles. The Labute approximate surface area is 92.3 Å². The fraction of sp³-hybridized carbons (Fsp3) is 0.200. The normalized spacial score (nSPS) is 11.3. The zero-order valence-corrected chi connectivity index (χ0v) is 9.12. The Bertz CT molecular complexity index is 415. The number of rotatable bonds is 3. The fourth-order valence-electron chi connectivity index (χ4n) is 1.07. The molecule has 0 unspecified atom stereocenters. The molecular formula is C10H10ClNO3. The number of ether oxygens (including phenoxy) is 1. The minimum atomic E-state index is -0.462. The van der Waals surface area contributed by atoms with Crippen molar-refractivity contribution < 1.29 is 9.66 Å². The second kappa shape index (κ2) is 4.79. The van der Waals surface area contributed by atoms with Crippen LogP contribution in [0.25, 0.3) is 6.08 Å². The van der Waals surface area contributed by atoms with Gasteiger partial charge in [0.1, 0.15) is 5.75 Å². The summed E-state index contributed by atoms with van der Waals surface area (Å²) >= 11 is 5.97. The van der Waals surface area contributed by atoms with E-state index >= 15 is 0 Å². The third-order valence-electron chi connectivity index (χ3n) is 1.87. The quantitative estimate of drug-likeness (QED) is 0.589. The summed E-state index contributed by atoms with van der Waals surface area (Å²) in [7, 11) is 1.50. The summed E-state index contributed by atoms with van der Waals surface area (Å²) in [6, 6.07) is 5.11. The van der Waals surface area contributed by atoms with Gasteiger partial charge in [-0.25, -0.2) is 0 Å². The van der Waals surface area contributed by atoms with Crippen LogP contribution in [0, 0.1) is 10.1 Å². The van der Waals surface area contributed by atoms with E-state index in [1.165, 1.54) is 20.1 Å². The molecule has 0 N–H and O–H groups in total. The van der Waals surface area contributed by atoms with Gasteiger partial charge in [-0.3, -0.25) is 10.1 Å². The summed E-state index contributed by atoms with van der Waals surface area (Å²) < 4.78 is 5.00. The number of nitro groups is 1. The predicted molar refractivity (Wildman–Crippen MR) is 58.6 cm³/mol. The second-order valence-corrected chi connectivity index (χ2v) is 3.28. The van der Waals surface area contributed by atoms with E-state index < -0.39 is 4.92 Å². The summed E-state index contributed by atoms with van der Waals surface area (Å²) in [5, 5.41) is 10.8. The van der Waals surface area contributed by atoms with Crippen molar-refractivity contribution in [2.45, 2.75) is 6.92 Å². The van der Waals surface area contributed by atoms with E-state index in [2.05, 4.69) is 0 Å². The van der Waals surface area contributed by atoms with Crippen molar-refractivity contribution in [3.63, 3.8) is 0 Å². The van der Waals surface area contributed by atoms with Gasteiger partial charge in [0.2, 0.25) is 5.70 Å². The van der Waals surface area contributed by atoms with E-state index in [0.29, 0.717) is 16.3 Å². The minimum absolute atomic E-state index is 0.0325. The van der Waals surface area contributed by atoms with Gasteiger partial charge < -0.3 is 4.74 Å². The second-order valence-electron chi connectivity index (χ2n) is 2.91. The highest BCUT2D eigenvalue weighted by Crippen LogP contribution is 2.29. The van der Waals surface area contributed by atoms with Crippen LogP contribution in [-0.4, -0.2) is 12.0 Å². The van der Waals surface area contributed by atoms with E-state index in [1.807, 2.05) is 0 Å². The molecule has 0 saturated heterocycles. The van der Waals surface area contributed by atoms with Crippen LogP contribution in [0.2, 0.25) is 5.02 Å². The Balaban J connectivity index is 3.16. The summed E-state index contributed by atoms with van der Waals surface area (Å²) in [6.07, 6.45) is 1.41. The first-order chi connectivity index (χ1) is 7.06. The maximum atomic E-state index is 10.4. The highest BCUT2D eigenvalue weighted by atomic mass is 35.5. The molecule has 0 spiro atoms. The molecule has 80 valence electrons. The van der Waals surface area contributed by atoms with E-state index in [1.54, 1.807) is 18.2 Å². The molecule has 15 heavy (non-hydrogen) atoms. The van der Waals surface area contributed by atoms with Gasteiger partial charge in [0.05, 0.1) is 17.1 Å². The molecular weight excluding hydrogens is 218 g/mol. The zero-order chi connectivity index (χ0) is 11.4. The molecule has 4 nitrogen and oxygen atoms in total. The van der Waals surface area contributed by atoms with Gasteiger partial charge in [-0.05, 0) is 6.07 Å². The number of hydrogen-bond acceptors (Lipinski definition) is 3. The molecule has 0 atom stereocenters. The third kappa shape index (κ3) is 2.70. The molecule has 0 heterocycles. The number of nitrogens with zero attached hydrogens (tertiary/aromatic N) is 1. The molecule has 1 aromatic rings. The van der Waals surface area contributed by atoms with Crippen LogP contribution < -0.4 is 4.74 Å². The standard InChI is InChI=1S/C10H10ClNO3/c1-7(12(13)14)6-8-4-3-5-9(15-2)10(8)11/h3-6H,1-2H3/b7-6+. The van der Waals surface area contributed by atoms with Crippen molar-refractivity contribution in [1.29, 1.82) is 0 Å². The average Bonchev–Trinajstić information content (AvgIpc) is 2.21. The average molecular weight is 228 g/mol. The zero-order valence-electron chi connectivity index (χ0n) is 8.36. The van der Waals surface area contributed by atoms with Gasteiger partial charge in [-0.1, -0.05) is 23.7 Å². The lowest BCUT2D eigenvalue weighted by Gasteiger charge is -2.04. The van der Waals surface area contributed by atoms with Crippen molar-refractivity contribution >= 4 is 17.7 Å². The topological polar surface area (TPSA) is 52.4 Å². The lowest BCUT2D eigenvalue weighted by molar-refractivity contribution is -0.422. The minimum Gasteiger partial charge on any atom is -0.495 e. The van der Waals surface area contributed by atoms with Crippen molar-refractivity contribution in [1.82, 2.24) is 0 Å². The van der Waals surface area contributed by atoms with Gasteiger partial charge in [0.15, 0.2) is 0 Å². The fourth-order valence-corrected chi connectivity index (χ4v) is 1.33. The molecule has 0 aliphatic carbocycles. The first kappa shape index (κ1) is 11.5. The van der Waals surface area contributed by atoms with Crippen LogP contribution in [0.3, 0.4) is 0 Å². The van der Waals surface area contributed by atoms with Crippen molar-refractivity contribution in [3.8, 4) is 5.75 Å². The number of halogens is 1. The van der Waals surface area contributed by atoms with E-state index in [4.69, 9.17) is 16.3 Å². The summed E-state index contributed by atoms with van der Waals surface area (Å²) in [5.41, 5.74) is 0.607. The SMILES string of the molecule is COc1cccc(/C=C(\C)[N+](=O)[O-])c1Cl. The van der Waals surface area contributed by atoms with Crippen LogP contribution >= 0.6 is 11.6 Å². The van der Waals surface area contributed by atoms with E-state index in [0.717, 1.165) is 0 Å². The Morgan fingerprint density at radius 3 is 2.80 bits per heavy atom.